The molecule has 160 valence electrons. The van der Waals surface area contributed by atoms with Gasteiger partial charge >= 0.3 is 6.09 Å². The van der Waals surface area contributed by atoms with Crippen molar-refractivity contribution in [2.45, 2.75) is 52.2 Å². The molecule has 2 saturated heterocycles. The number of β-lactam (4-membered cyclic amide) rings is 1. The van der Waals surface area contributed by atoms with E-state index in [-0.39, 0.29) is 18.0 Å². The van der Waals surface area contributed by atoms with Crippen LogP contribution in [0.25, 0.3) is 0 Å². The molecule has 1 atom stereocenters. The number of aromatic nitrogens is 1. The highest BCUT2D eigenvalue weighted by atomic mass is 16.6. The fourth-order valence-electron chi connectivity index (χ4n) is 4.23. The van der Waals surface area contributed by atoms with Gasteiger partial charge < -0.3 is 14.5 Å². The van der Waals surface area contributed by atoms with Gasteiger partial charge in [0.25, 0.3) is 0 Å². The summed E-state index contributed by atoms with van der Waals surface area (Å²) in [5.41, 5.74) is 0.611. The maximum atomic E-state index is 13.4. The molecule has 0 aliphatic carbocycles. The average Bonchev–Trinajstić information content (AvgIpc) is 2.72. The summed E-state index contributed by atoms with van der Waals surface area (Å²) >= 11 is 0. The number of rotatable bonds is 4. The summed E-state index contributed by atoms with van der Waals surface area (Å²) in [6.07, 6.45) is 9.33. The Bertz CT molecular complexity index is 862. The lowest BCUT2D eigenvalue weighted by molar-refractivity contribution is -0.174. The minimum Gasteiger partial charge on any atom is -0.444 e. The number of carbonyl (C=O) groups is 2. The third-order valence-electron chi connectivity index (χ3n) is 5.62. The van der Waals surface area contributed by atoms with E-state index in [4.69, 9.17) is 4.74 Å². The van der Waals surface area contributed by atoms with Crippen LogP contribution in [0.4, 0.5) is 4.79 Å². The van der Waals surface area contributed by atoms with Gasteiger partial charge in [0, 0.05) is 31.7 Å². The summed E-state index contributed by atoms with van der Waals surface area (Å²) in [6, 6.07) is 3.73. The summed E-state index contributed by atoms with van der Waals surface area (Å²) in [4.78, 5) is 37.7. The van der Waals surface area contributed by atoms with Crippen LogP contribution < -0.4 is 0 Å². The number of hydrogen-bond acceptors (Lipinski definition) is 5. The Labute approximate surface area is 178 Å². The number of amides is 2. The number of nitrogens with zero attached hydrogens (tertiary/aromatic N) is 4. The first kappa shape index (κ1) is 21.7. The van der Waals surface area contributed by atoms with Crippen molar-refractivity contribution in [1.82, 2.24) is 14.8 Å². The summed E-state index contributed by atoms with van der Waals surface area (Å²) in [6.45, 7) is 12.0. The van der Waals surface area contributed by atoms with E-state index in [2.05, 4.69) is 16.6 Å². The van der Waals surface area contributed by atoms with Crippen molar-refractivity contribution in [3.05, 3.63) is 54.6 Å². The monoisotopic (exact) mass is 410 g/mol. The number of piperidine rings is 1. The molecule has 0 aromatic carbocycles. The molecule has 7 heteroatoms. The second-order valence-corrected chi connectivity index (χ2v) is 8.66. The second kappa shape index (κ2) is 8.42. The zero-order valence-corrected chi connectivity index (χ0v) is 18.2. The van der Waals surface area contributed by atoms with E-state index < -0.39 is 11.0 Å². The molecule has 1 aromatic heterocycles. The number of allylic oxidation sites excluding steroid dienone is 2. The first-order chi connectivity index (χ1) is 14.2. The second-order valence-electron chi connectivity index (χ2n) is 8.66. The van der Waals surface area contributed by atoms with Crippen LogP contribution in [0.1, 0.15) is 52.1 Å². The minimum atomic E-state index is -0.558. The Morgan fingerprint density at radius 3 is 2.60 bits per heavy atom. The Morgan fingerprint density at radius 1 is 1.37 bits per heavy atom. The Balaban J connectivity index is 1.86. The molecule has 3 rings (SSSR count). The summed E-state index contributed by atoms with van der Waals surface area (Å²) in [5, 5.41) is 0. The fraction of sp³-hybridized carbons (Fsp3) is 0.478. The number of ether oxygens (including phenoxy) is 1. The maximum absolute atomic E-state index is 13.4. The Morgan fingerprint density at radius 2 is 2.07 bits per heavy atom. The first-order valence-electron chi connectivity index (χ1n) is 10.3. The van der Waals surface area contributed by atoms with E-state index >= 15 is 0 Å². The van der Waals surface area contributed by atoms with Crippen molar-refractivity contribution < 1.29 is 14.3 Å². The highest BCUT2D eigenvalue weighted by molar-refractivity contribution is 5.97. The van der Waals surface area contributed by atoms with Gasteiger partial charge in [0.15, 0.2) is 0 Å². The van der Waals surface area contributed by atoms with Crippen LogP contribution in [0, 0.1) is 5.41 Å². The number of carbonyl (C=O) groups excluding carboxylic acids is 2. The van der Waals surface area contributed by atoms with Gasteiger partial charge in [0.1, 0.15) is 5.60 Å². The molecule has 30 heavy (non-hydrogen) atoms. The lowest BCUT2D eigenvalue weighted by Gasteiger charge is -2.58. The molecule has 1 spiro atoms. The molecule has 0 N–H and O–H groups in total. The molecule has 3 heterocycles. The maximum Gasteiger partial charge on any atom is 0.410 e. The van der Waals surface area contributed by atoms with E-state index in [0.29, 0.717) is 25.9 Å². The van der Waals surface area contributed by atoms with E-state index in [1.807, 2.05) is 52.1 Å². The van der Waals surface area contributed by atoms with Gasteiger partial charge in [-0.3, -0.25) is 14.8 Å². The average molecular weight is 411 g/mol. The van der Waals surface area contributed by atoms with Crippen molar-refractivity contribution in [1.29, 1.82) is 0 Å². The largest absolute Gasteiger partial charge is 0.444 e. The lowest BCUT2D eigenvalue weighted by atomic mass is 9.62. The van der Waals surface area contributed by atoms with Crippen LogP contribution in [0.5, 0.6) is 0 Å². The molecule has 1 unspecified atom stereocenters. The van der Waals surface area contributed by atoms with Crippen molar-refractivity contribution in [3.63, 3.8) is 0 Å². The Kier molecular flexibility index (Phi) is 6.10. The molecule has 2 fully saturated rings. The SMILES string of the molecule is C=C/N=C\C(=C/C)N1C(=O)C2(CCN(C(=O)OC(C)(C)C)CC2)C1c1cccnc1. The third kappa shape index (κ3) is 4.01. The van der Waals surface area contributed by atoms with Gasteiger partial charge in [-0.1, -0.05) is 18.7 Å². The topological polar surface area (TPSA) is 75.1 Å². The van der Waals surface area contributed by atoms with Crippen molar-refractivity contribution >= 4 is 18.2 Å². The summed E-state index contributed by atoms with van der Waals surface area (Å²) in [5.74, 6) is 0.0591. The van der Waals surface area contributed by atoms with Gasteiger partial charge in [0.2, 0.25) is 5.91 Å². The first-order valence-corrected chi connectivity index (χ1v) is 10.3. The van der Waals surface area contributed by atoms with Crippen LogP contribution in [0.15, 0.2) is 54.1 Å². The van der Waals surface area contributed by atoms with E-state index in [1.54, 1.807) is 22.2 Å². The van der Waals surface area contributed by atoms with Gasteiger partial charge in [-0.05, 0) is 52.2 Å². The van der Waals surface area contributed by atoms with Crippen LogP contribution in [-0.2, 0) is 9.53 Å². The molecule has 2 aliphatic heterocycles. The molecule has 2 amide bonds. The highest BCUT2D eigenvalue weighted by Gasteiger charge is 2.62. The standard InChI is InChI=1S/C23H30N4O3/c1-6-18(16-24-7-2)27-19(17-9-8-12-25-15-17)23(20(27)28)10-13-26(14-11-23)21(29)30-22(3,4)5/h6-9,12,15-16,19H,2,10-11,13-14H2,1,3-5H3/b18-6+,24-16-. The number of likely N-dealkylation sites (tertiary alicyclic amines) is 2. The van der Waals surface area contributed by atoms with Crippen molar-refractivity contribution in [3.8, 4) is 0 Å². The molecular weight excluding hydrogens is 380 g/mol. The van der Waals surface area contributed by atoms with Crippen LogP contribution in [-0.4, -0.2) is 51.7 Å². The highest BCUT2D eigenvalue weighted by Crippen LogP contribution is 2.57. The van der Waals surface area contributed by atoms with Gasteiger partial charge in [0.05, 0.1) is 23.4 Å². The smallest absolute Gasteiger partial charge is 0.410 e. The predicted molar refractivity (Wildman–Crippen MR) is 116 cm³/mol. The zero-order valence-electron chi connectivity index (χ0n) is 18.2. The molecule has 1 aromatic rings. The summed E-state index contributed by atoms with van der Waals surface area (Å²) in [7, 11) is 0. The van der Waals surface area contributed by atoms with Crippen LogP contribution in [0.2, 0.25) is 0 Å². The van der Waals surface area contributed by atoms with E-state index in [9.17, 15) is 9.59 Å². The number of pyridine rings is 1. The van der Waals surface area contributed by atoms with Gasteiger partial charge in [-0.25, -0.2) is 4.79 Å². The van der Waals surface area contributed by atoms with Gasteiger partial charge in [-0.15, -0.1) is 0 Å². The zero-order chi connectivity index (χ0) is 21.9. The quantitative estimate of drug-likeness (QED) is 0.553. The van der Waals surface area contributed by atoms with Crippen LogP contribution in [0.3, 0.4) is 0 Å². The van der Waals surface area contributed by atoms with Crippen molar-refractivity contribution in [2.24, 2.45) is 10.4 Å². The molecular formula is C23H30N4O3. The Hall–Kier alpha value is -2.96. The molecule has 0 bridgehead atoms. The fourth-order valence-corrected chi connectivity index (χ4v) is 4.23. The van der Waals surface area contributed by atoms with E-state index in [0.717, 1.165) is 11.3 Å². The van der Waals surface area contributed by atoms with Crippen LogP contribution >= 0.6 is 0 Å². The van der Waals surface area contributed by atoms with E-state index in [1.165, 1.54) is 6.20 Å². The summed E-state index contributed by atoms with van der Waals surface area (Å²) < 4.78 is 5.50. The number of aliphatic imine (C=N–C) groups is 1. The minimum absolute atomic E-state index is 0.0591. The molecule has 7 nitrogen and oxygen atoms in total. The normalized spacial score (nSPS) is 21.7. The molecule has 2 aliphatic rings. The lowest BCUT2D eigenvalue weighted by Crippen LogP contribution is -2.66. The number of hydrogen-bond donors (Lipinski definition) is 0. The molecule has 0 saturated carbocycles. The molecule has 0 radical (unpaired) electrons. The van der Waals surface area contributed by atoms with Crippen molar-refractivity contribution in [2.75, 3.05) is 13.1 Å². The van der Waals surface area contributed by atoms with Gasteiger partial charge in [-0.2, -0.15) is 0 Å². The third-order valence-corrected chi connectivity index (χ3v) is 5.62. The predicted octanol–water partition coefficient (Wildman–Crippen LogP) is 4.10.